The summed E-state index contributed by atoms with van der Waals surface area (Å²) in [6.45, 7) is 0. The molecule has 4 aromatic rings. The van der Waals surface area contributed by atoms with Gasteiger partial charge in [0.2, 0.25) is 0 Å². The van der Waals surface area contributed by atoms with Gasteiger partial charge in [-0.3, -0.25) is 0 Å². The first-order chi connectivity index (χ1) is 15.7. The molecule has 3 unspecified atom stereocenters. The highest BCUT2D eigenvalue weighted by Crippen LogP contribution is 2.45. The van der Waals surface area contributed by atoms with Crippen molar-refractivity contribution < 1.29 is 13.2 Å². The molecule has 8 heteroatoms. The lowest BCUT2D eigenvalue weighted by atomic mass is 9.79. The van der Waals surface area contributed by atoms with Crippen molar-refractivity contribution in [3.05, 3.63) is 69.0 Å². The number of hydrogen-bond acceptors (Lipinski definition) is 2. The van der Waals surface area contributed by atoms with Gasteiger partial charge in [0, 0.05) is 50.3 Å². The van der Waals surface area contributed by atoms with Crippen LogP contribution in [0.25, 0.3) is 21.8 Å². The molecule has 4 nitrogen and oxygen atoms in total. The fourth-order valence-electron chi connectivity index (χ4n) is 5.82. The molecule has 2 heterocycles. The largest absolute Gasteiger partial charge is 0.416 e. The van der Waals surface area contributed by atoms with E-state index in [1.54, 1.807) is 0 Å². The summed E-state index contributed by atoms with van der Waals surface area (Å²) in [6, 6.07) is 7.62. The molecule has 0 bridgehead atoms. The quantitative estimate of drug-likeness (QED) is 0.259. The van der Waals surface area contributed by atoms with Gasteiger partial charge in [0.05, 0.1) is 5.56 Å². The number of hydrogen-bond donors (Lipinski definition) is 4. The first-order valence-electron chi connectivity index (χ1n) is 11.3. The SMILES string of the molecule is NC1CCCc2c1[nH]c1cc(C3Cc4c([nH]c5ccc(C(F)(F)F)cc45)C(N)C3)c(Cl)cc21. The second-order valence-electron chi connectivity index (χ2n) is 9.45. The third-order valence-corrected chi connectivity index (χ3v) is 7.76. The van der Waals surface area contributed by atoms with Crippen LogP contribution >= 0.6 is 11.6 Å². The third kappa shape index (κ3) is 3.28. The van der Waals surface area contributed by atoms with Crippen molar-refractivity contribution in [3.8, 4) is 0 Å². The summed E-state index contributed by atoms with van der Waals surface area (Å²) in [6.07, 6.45) is -0.154. The molecule has 0 fully saturated rings. The summed E-state index contributed by atoms with van der Waals surface area (Å²) in [7, 11) is 0. The van der Waals surface area contributed by atoms with Crippen molar-refractivity contribution >= 4 is 33.4 Å². The van der Waals surface area contributed by atoms with Crippen molar-refractivity contribution in [2.45, 2.75) is 56.3 Å². The van der Waals surface area contributed by atoms with E-state index in [1.165, 1.54) is 17.7 Å². The molecule has 6 N–H and O–H groups in total. The molecule has 0 spiro atoms. The van der Waals surface area contributed by atoms with Crippen LogP contribution in [0.5, 0.6) is 0 Å². The molecular weight excluding hydrogens is 449 g/mol. The van der Waals surface area contributed by atoms with Gasteiger partial charge in [-0.2, -0.15) is 13.2 Å². The van der Waals surface area contributed by atoms with Crippen molar-refractivity contribution in [3.63, 3.8) is 0 Å². The topological polar surface area (TPSA) is 83.6 Å². The number of fused-ring (bicyclic) bond motifs is 6. The molecular formula is C25H24ClF3N4. The molecule has 2 aromatic carbocycles. The van der Waals surface area contributed by atoms with E-state index in [2.05, 4.69) is 16.0 Å². The molecule has 0 amide bonds. The number of benzene rings is 2. The number of rotatable bonds is 1. The average molecular weight is 473 g/mol. The minimum Gasteiger partial charge on any atom is -0.357 e. The normalized spacial score (nSPS) is 23.2. The van der Waals surface area contributed by atoms with E-state index in [0.29, 0.717) is 28.8 Å². The van der Waals surface area contributed by atoms with Crippen LogP contribution in [0.2, 0.25) is 5.02 Å². The summed E-state index contributed by atoms with van der Waals surface area (Å²) in [5.74, 6) is 0.00643. The number of nitrogens with two attached hydrogens (primary N) is 2. The molecule has 0 aliphatic heterocycles. The minimum atomic E-state index is -4.39. The Balaban J connectivity index is 1.44. The zero-order valence-corrected chi connectivity index (χ0v) is 18.6. The molecule has 0 saturated heterocycles. The van der Waals surface area contributed by atoms with Crippen molar-refractivity contribution in [2.24, 2.45) is 11.5 Å². The Kier molecular flexibility index (Phi) is 4.64. The lowest BCUT2D eigenvalue weighted by Gasteiger charge is -2.28. The Hall–Kier alpha value is -2.48. The first-order valence-corrected chi connectivity index (χ1v) is 11.6. The van der Waals surface area contributed by atoms with E-state index in [4.69, 9.17) is 23.1 Å². The third-order valence-electron chi connectivity index (χ3n) is 7.44. The molecule has 2 aliphatic carbocycles. The van der Waals surface area contributed by atoms with Gasteiger partial charge in [0.25, 0.3) is 0 Å². The fourth-order valence-corrected chi connectivity index (χ4v) is 6.14. The molecule has 172 valence electrons. The van der Waals surface area contributed by atoms with Crippen LogP contribution < -0.4 is 11.5 Å². The van der Waals surface area contributed by atoms with Gasteiger partial charge >= 0.3 is 6.18 Å². The highest BCUT2D eigenvalue weighted by atomic mass is 35.5. The summed E-state index contributed by atoms with van der Waals surface area (Å²) in [5, 5.41) is 2.36. The number of aromatic nitrogens is 2. The Morgan fingerprint density at radius 2 is 1.64 bits per heavy atom. The molecule has 0 radical (unpaired) electrons. The molecule has 2 aliphatic rings. The van der Waals surface area contributed by atoms with Crippen LogP contribution in [-0.2, 0) is 19.0 Å². The van der Waals surface area contributed by atoms with E-state index in [0.717, 1.165) is 58.7 Å². The lowest BCUT2D eigenvalue weighted by Crippen LogP contribution is -2.23. The van der Waals surface area contributed by atoms with Crippen LogP contribution in [-0.4, -0.2) is 9.97 Å². The van der Waals surface area contributed by atoms with Crippen LogP contribution in [0.1, 0.15) is 70.9 Å². The first kappa shape index (κ1) is 21.1. The van der Waals surface area contributed by atoms with Crippen molar-refractivity contribution in [1.82, 2.24) is 9.97 Å². The second-order valence-corrected chi connectivity index (χ2v) is 9.86. The van der Waals surface area contributed by atoms with Crippen LogP contribution in [0.15, 0.2) is 30.3 Å². The number of aryl methyl sites for hydroxylation is 1. The van der Waals surface area contributed by atoms with E-state index in [1.807, 2.05) is 6.07 Å². The van der Waals surface area contributed by atoms with Gasteiger partial charge in [-0.15, -0.1) is 0 Å². The molecule has 3 atom stereocenters. The maximum atomic E-state index is 13.3. The highest BCUT2D eigenvalue weighted by molar-refractivity contribution is 6.32. The van der Waals surface area contributed by atoms with Crippen LogP contribution in [0.3, 0.4) is 0 Å². The molecule has 33 heavy (non-hydrogen) atoms. The van der Waals surface area contributed by atoms with Crippen molar-refractivity contribution in [2.75, 3.05) is 0 Å². The van der Waals surface area contributed by atoms with Crippen molar-refractivity contribution in [1.29, 1.82) is 0 Å². The average Bonchev–Trinajstić information content (AvgIpc) is 3.31. The fraction of sp³-hybridized carbons (Fsp3) is 0.360. The highest BCUT2D eigenvalue weighted by Gasteiger charge is 2.34. The smallest absolute Gasteiger partial charge is 0.357 e. The van der Waals surface area contributed by atoms with Gasteiger partial charge < -0.3 is 21.4 Å². The summed E-state index contributed by atoms with van der Waals surface area (Å²) < 4.78 is 40.0. The van der Waals surface area contributed by atoms with E-state index in [-0.39, 0.29) is 18.0 Å². The lowest BCUT2D eigenvalue weighted by molar-refractivity contribution is -0.137. The monoisotopic (exact) mass is 472 g/mol. The number of alkyl halides is 3. The van der Waals surface area contributed by atoms with Gasteiger partial charge in [0.15, 0.2) is 0 Å². The zero-order chi connectivity index (χ0) is 23.1. The van der Waals surface area contributed by atoms with E-state index >= 15 is 0 Å². The predicted octanol–water partition coefficient (Wildman–Crippen LogP) is 6.39. The zero-order valence-electron chi connectivity index (χ0n) is 17.8. The second kappa shape index (κ2) is 7.26. The Bertz CT molecular complexity index is 1400. The van der Waals surface area contributed by atoms with E-state index in [9.17, 15) is 13.2 Å². The van der Waals surface area contributed by atoms with Gasteiger partial charge in [-0.1, -0.05) is 11.6 Å². The number of H-pyrrole nitrogens is 2. The van der Waals surface area contributed by atoms with E-state index < -0.39 is 11.7 Å². The maximum absolute atomic E-state index is 13.3. The number of aromatic amines is 2. The molecule has 6 rings (SSSR count). The summed E-state index contributed by atoms with van der Waals surface area (Å²) in [5.41, 5.74) is 18.8. The summed E-state index contributed by atoms with van der Waals surface area (Å²) >= 11 is 6.78. The Labute approximate surface area is 193 Å². The Morgan fingerprint density at radius 1 is 0.909 bits per heavy atom. The molecule has 0 saturated carbocycles. The standard InChI is InChI=1S/C25H24ClF3N4/c26-18-9-16-13-2-1-3-19(30)23(13)33-22(16)10-14(18)11-6-17-15-8-12(25(27,28)29)4-5-21(15)32-24(17)20(31)7-11/h4-5,8-11,19-20,32-33H,1-3,6-7,30-31H2. The van der Waals surface area contributed by atoms with Gasteiger partial charge in [0.1, 0.15) is 0 Å². The number of nitrogens with one attached hydrogen (secondary N) is 2. The number of halogens is 4. The summed E-state index contributed by atoms with van der Waals surface area (Å²) in [4.78, 5) is 6.76. The van der Waals surface area contributed by atoms with Crippen LogP contribution in [0.4, 0.5) is 13.2 Å². The van der Waals surface area contributed by atoms with Gasteiger partial charge in [-0.05, 0) is 85.0 Å². The van der Waals surface area contributed by atoms with Crippen LogP contribution in [0, 0.1) is 0 Å². The molecule has 2 aromatic heterocycles. The maximum Gasteiger partial charge on any atom is 0.416 e. The van der Waals surface area contributed by atoms with Gasteiger partial charge in [-0.25, -0.2) is 0 Å². The predicted molar refractivity (Wildman–Crippen MR) is 124 cm³/mol. The minimum absolute atomic E-state index is 0.00286. The Morgan fingerprint density at radius 3 is 2.42 bits per heavy atom.